The topological polar surface area (TPSA) is 114 Å². The summed E-state index contributed by atoms with van der Waals surface area (Å²) in [6.07, 6.45) is -0.883. The Morgan fingerprint density at radius 2 is 1.87 bits per heavy atom. The minimum absolute atomic E-state index is 0.00542. The first kappa shape index (κ1) is 20.6. The highest BCUT2D eigenvalue weighted by Crippen LogP contribution is 2.36. The first-order valence-corrected chi connectivity index (χ1v) is 9.90. The molecule has 2 aliphatic heterocycles. The van der Waals surface area contributed by atoms with Gasteiger partial charge in [0.25, 0.3) is 17.5 Å². The molecule has 0 aliphatic carbocycles. The molecule has 0 aromatic heterocycles. The largest absolute Gasteiger partial charge is 0.477 e. The van der Waals surface area contributed by atoms with Crippen LogP contribution >= 0.6 is 0 Å². The van der Waals surface area contributed by atoms with Gasteiger partial charge in [-0.05, 0) is 24.3 Å². The van der Waals surface area contributed by atoms with E-state index in [1.54, 1.807) is 36.4 Å². The lowest BCUT2D eigenvalue weighted by molar-refractivity contribution is -0.384. The second-order valence-corrected chi connectivity index (χ2v) is 7.16. The molecule has 10 nitrogen and oxygen atoms in total. The fraction of sp³-hybridized carbons (Fsp3) is 0.333. The summed E-state index contributed by atoms with van der Waals surface area (Å²) < 4.78 is 11.0. The number of benzene rings is 2. The minimum Gasteiger partial charge on any atom is -0.477 e. The van der Waals surface area contributed by atoms with Crippen molar-refractivity contribution in [3.8, 4) is 5.75 Å². The highest BCUT2D eigenvalue weighted by molar-refractivity contribution is 6.08. The van der Waals surface area contributed by atoms with Crippen molar-refractivity contribution in [1.29, 1.82) is 0 Å². The van der Waals surface area contributed by atoms with Gasteiger partial charge in [0.2, 0.25) is 0 Å². The van der Waals surface area contributed by atoms with Gasteiger partial charge in [-0.25, -0.2) is 0 Å². The highest BCUT2D eigenvalue weighted by Gasteiger charge is 2.34. The molecule has 1 atom stereocenters. The van der Waals surface area contributed by atoms with Gasteiger partial charge in [-0.3, -0.25) is 19.7 Å². The molecule has 2 aromatic rings. The Hall–Kier alpha value is -3.66. The molecule has 2 aliphatic rings. The number of anilines is 2. The molecule has 4 rings (SSSR count). The third kappa shape index (κ3) is 4.02. The summed E-state index contributed by atoms with van der Waals surface area (Å²) in [6, 6.07) is 11.4. The van der Waals surface area contributed by atoms with Crippen molar-refractivity contribution < 1.29 is 24.0 Å². The second-order valence-electron chi connectivity index (χ2n) is 7.16. The van der Waals surface area contributed by atoms with Crippen molar-refractivity contribution in [2.45, 2.75) is 6.10 Å². The zero-order valence-electron chi connectivity index (χ0n) is 16.9. The summed E-state index contributed by atoms with van der Waals surface area (Å²) >= 11 is 0. The van der Waals surface area contributed by atoms with Crippen LogP contribution in [0.2, 0.25) is 0 Å². The molecular weight excluding hydrogens is 404 g/mol. The van der Waals surface area contributed by atoms with Crippen LogP contribution in [0.5, 0.6) is 5.75 Å². The Kier molecular flexibility index (Phi) is 5.72. The second kappa shape index (κ2) is 8.60. The van der Waals surface area contributed by atoms with Gasteiger partial charge in [0, 0.05) is 31.8 Å². The average Bonchev–Trinajstić information content (AvgIpc) is 2.82. The number of likely N-dealkylation sites (N-methyl/N-ethyl adjacent to an activating group) is 1. The number of amides is 2. The van der Waals surface area contributed by atoms with E-state index in [-0.39, 0.29) is 23.7 Å². The van der Waals surface area contributed by atoms with Gasteiger partial charge in [-0.1, -0.05) is 12.1 Å². The predicted molar refractivity (Wildman–Crippen MR) is 113 cm³/mol. The fourth-order valence-electron chi connectivity index (χ4n) is 3.75. The van der Waals surface area contributed by atoms with Crippen molar-refractivity contribution in [3.05, 3.63) is 58.1 Å². The molecule has 31 heavy (non-hydrogen) atoms. The molecule has 2 heterocycles. The summed E-state index contributed by atoms with van der Waals surface area (Å²) in [6.45, 7) is 2.05. The third-order valence-corrected chi connectivity index (χ3v) is 5.33. The molecule has 0 bridgehead atoms. The summed E-state index contributed by atoms with van der Waals surface area (Å²) in [5, 5.41) is 14.3. The SMILES string of the molecule is CNC(=O)[C@@H]1CN(C(=O)c2ccc(N3CCOCC3)c([N+](=O)[O-])c2)c2ccccc2O1. The summed E-state index contributed by atoms with van der Waals surface area (Å²) in [7, 11) is 1.49. The van der Waals surface area contributed by atoms with Crippen LogP contribution in [-0.2, 0) is 9.53 Å². The van der Waals surface area contributed by atoms with E-state index in [2.05, 4.69) is 5.32 Å². The van der Waals surface area contributed by atoms with E-state index < -0.39 is 16.9 Å². The van der Waals surface area contributed by atoms with E-state index in [1.807, 2.05) is 4.90 Å². The zero-order valence-corrected chi connectivity index (χ0v) is 16.9. The number of carbonyl (C=O) groups excluding carboxylic acids is 2. The van der Waals surface area contributed by atoms with E-state index in [1.165, 1.54) is 18.0 Å². The normalized spacial score (nSPS) is 18.0. The zero-order chi connectivity index (χ0) is 22.0. The van der Waals surface area contributed by atoms with Gasteiger partial charge in [0.1, 0.15) is 11.4 Å². The summed E-state index contributed by atoms with van der Waals surface area (Å²) in [5.41, 5.74) is 0.983. The maximum Gasteiger partial charge on any atom is 0.293 e. The van der Waals surface area contributed by atoms with Crippen molar-refractivity contribution in [1.82, 2.24) is 5.32 Å². The van der Waals surface area contributed by atoms with E-state index >= 15 is 0 Å². The number of nitrogens with zero attached hydrogens (tertiary/aromatic N) is 3. The number of morpholine rings is 1. The Morgan fingerprint density at radius 1 is 1.13 bits per heavy atom. The highest BCUT2D eigenvalue weighted by atomic mass is 16.6. The summed E-state index contributed by atoms with van der Waals surface area (Å²) in [5.74, 6) is -0.405. The fourth-order valence-corrected chi connectivity index (χ4v) is 3.75. The quantitative estimate of drug-likeness (QED) is 0.583. The van der Waals surface area contributed by atoms with Gasteiger partial charge in [-0.2, -0.15) is 0 Å². The smallest absolute Gasteiger partial charge is 0.293 e. The van der Waals surface area contributed by atoms with Crippen LogP contribution in [-0.4, -0.2) is 62.7 Å². The van der Waals surface area contributed by atoms with Crippen molar-refractivity contribution >= 4 is 28.9 Å². The Morgan fingerprint density at radius 3 is 2.58 bits per heavy atom. The predicted octanol–water partition coefficient (Wildman–Crippen LogP) is 1.59. The van der Waals surface area contributed by atoms with E-state index in [9.17, 15) is 19.7 Å². The number of carbonyl (C=O) groups is 2. The molecule has 0 unspecified atom stereocenters. The number of nitro benzene ring substituents is 1. The molecule has 1 saturated heterocycles. The van der Waals surface area contributed by atoms with Crippen molar-refractivity contribution in [3.63, 3.8) is 0 Å². The van der Waals surface area contributed by atoms with Gasteiger partial charge < -0.3 is 24.6 Å². The van der Waals surface area contributed by atoms with Crippen molar-refractivity contribution in [2.75, 3.05) is 49.7 Å². The number of hydrogen-bond donors (Lipinski definition) is 1. The lowest BCUT2D eigenvalue weighted by atomic mass is 10.1. The molecule has 0 spiro atoms. The van der Waals surface area contributed by atoms with Crippen LogP contribution in [0.3, 0.4) is 0 Å². The Bertz CT molecular complexity index is 1020. The monoisotopic (exact) mass is 426 g/mol. The van der Waals surface area contributed by atoms with E-state index in [0.29, 0.717) is 43.4 Å². The maximum atomic E-state index is 13.4. The maximum absolute atomic E-state index is 13.4. The van der Waals surface area contributed by atoms with Crippen molar-refractivity contribution in [2.24, 2.45) is 0 Å². The molecule has 0 radical (unpaired) electrons. The Balaban J connectivity index is 1.69. The number of para-hydroxylation sites is 2. The number of nitro groups is 1. The molecule has 1 fully saturated rings. The average molecular weight is 426 g/mol. The molecular formula is C21H22N4O6. The van der Waals surface area contributed by atoms with Crippen LogP contribution in [0.1, 0.15) is 10.4 Å². The van der Waals surface area contributed by atoms with E-state index in [0.717, 1.165) is 0 Å². The lowest BCUT2D eigenvalue weighted by Crippen LogP contribution is -2.50. The van der Waals surface area contributed by atoms with Gasteiger partial charge in [0.05, 0.1) is 30.4 Å². The molecule has 2 aromatic carbocycles. The van der Waals surface area contributed by atoms with Crippen LogP contribution in [0.4, 0.5) is 17.1 Å². The number of rotatable bonds is 4. The number of ether oxygens (including phenoxy) is 2. The molecule has 2 amide bonds. The van der Waals surface area contributed by atoms with Crippen LogP contribution in [0, 0.1) is 10.1 Å². The lowest BCUT2D eigenvalue weighted by Gasteiger charge is -2.34. The standard InChI is InChI=1S/C21H22N4O6/c1-22-20(26)19-13-24(16-4-2-3-5-18(16)31-19)21(27)14-6-7-15(17(12-14)25(28)29)23-8-10-30-11-9-23/h2-7,12,19H,8-11,13H2,1H3,(H,22,26)/t19-/m0/s1. The van der Waals surface area contributed by atoms with Gasteiger partial charge >= 0.3 is 0 Å². The third-order valence-electron chi connectivity index (χ3n) is 5.33. The summed E-state index contributed by atoms with van der Waals surface area (Å²) in [4.78, 5) is 40.1. The van der Waals surface area contributed by atoms with Gasteiger partial charge in [0.15, 0.2) is 6.10 Å². The molecule has 0 saturated carbocycles. The molecule has 162 valence electrons. The molecule has 1 N–H and O–H groups in total. The first-order chi connectivity index (χ1) is 15.0. The number of fused-ring (bicyclic) bond motifs is 1. The molecule has 10 heteroatoms. The first-order valence-electron chi connectivity index (χ1n) is 9.90. The van der Waals surface area contributed by atoms with Crippen LogP contribution < -0.4 is 19.9 Å². The number of nitrogens with one attached hydrogen (secondary N) is 1. The minimum atomic E-state index is -0.883. The van der Waals surface area contributed by atoms with Crippen LogP contribution in [0.15, 0.2) is 42.5 Å². The number of hydrogen-bond acceptors (Lipinski definition) is 7. The van der Waals surface area contributed by atoms with Crippen LogP contribution in [0.25, 0.3) is 0 Å². The van der Waals surface area contributed by atoms with Gasteiger partial charge in [-0.15, -0.1) is 0 Å². The van der Waals surface area contributed by atoms with E-state index in [4.69, 9.17) is 9.47 Å². The Labute approximate surface area is 178 Å².